The van der Waals surface area contributed by atoms with Crippen molar-refractivity contribution in [3.8, 4) is 0 Å². The van der Waals surface area contributed by atoms with Crippen LogP contribution in [0.25, 0.3) is 0 Å². The van der Waals surface area contributed by atoms with E-state index < -0.39 is 12.3 Å². The Labute approximate surface area is 106 Å². The predicted molar refractivity (Wildman–Crippen MR) is 39.7 cm³/mol. The van der Waals surface area contributed by atoms with Gasteiger partial charge in [-0.05, 0) is 0 Å². The zero-order chi connectivity index (χ0) is 9.15. The van der Waals surface area contributed by atoms with E-state index in [9.17, 15) is 0 Å². The first-order chi connectivity index (χ1) is 4.46. The average molecular weight is 192 g/mol. The molecule has 0 spiro atoms. The molecule has 0 aromatic rings. The Kier molecular flexibility index (Phi) is 45.9. The minimum atomic E-state index is -1.83. The maximum atomic E-state index is 8.56. The van der Waals surface area contributed by atoms with Crippen molar-refractivity contribution in [2.24, 2.45) is 0 Å². The van der Waals surface area contributed by atoms with E-state index in [0.29, 0.717) is 0 Å². The van der Waals surface area contributed by atoms with Crippen LogP contribution in [0.5, 0.6) is 0 Å². The van der Waals surface area contributed by atoms with Gasteiger partial charge < -0.3 is 20.4 Å². The van der Waals surface area contributed by atoms with Crippen LogP contribution in [-0.4, -0.2) is 84.1 Å². The second kappa shape index (κ2) is 22.5. The summed E-state index contributed by atoms with van der Waals surface area (Å²) in [5, 5.41) is 27.9. The third kappa shape index (κ3) is 88800. The molecule has 0 bridgehead atoms. The molecule has 0 aromatic heterocycles. The zero-order valence-electron chi connectivity index (χ0n) is 5.02. The number of hydrogen-bond donors (Lipinski definition) is 4. The van der Waals surface area contributed by atoms with Crippen LogP contribution in [0.1, 0.15) is 0 Å². The van der Waals surface area contributed by atoms with Crippen LogP contribution in [0.3, 0.4) is 0 Å². The topological polar surface area (TPSA) is 115 Å². The van der Waals surface area contributed by atoms with Gasteiger partial charge in [-0.3, -0.25) is 0 Å². The summed E-state index contributed by atoms with van der Waals surface area (Å²) in [5.74, 6) is 0. The number of carboxylic acid groups (broad SMARTS) is 4. The monoisotopic (exact) mass is 192 g/mol. The Morgan fingerprint density at radius 1 is 0.818 bits per heavy atom. The van der Waals surface area contributed by atoms with E-state index in [0.717, 1.165) is 0 Å². The molecule has 0 saturated heterocycles. The maximum absolute atomic E-state index is 8.56. The standard InChI is InChI=1S/C2H4.2CH2O3.K.H/c1-2;2*2-1(3)4;;/h1-2H2;2*(H2,2,3,4);;. The van der Waals surface area contributed by atoms with E-state index in [2.05, 4.69) is 13.2 Å². The molecular weight excluding hydrogens is 183 g/mol. The molecule has 0 radical (unpaired) electrons. The summed E-state index contributed by atoms with van der Waals surface area (Å²) in [6.07, 6.45) is -3.67. The Morgan fingerprint density at radius 3 is 0.818 bits per heavy atom. The SMILES string of the molecule is C=C.O=C(O)O.O=C(O)O.[KH]. The van der Waals surface area contributed by atoms with Crippen molar-refractivity contribution in [1.82, 2.24) is 0 Å². The van der Waals surface area contributed by atoms with Crippen molar-refractivity contribution in [3.63, 3.8) is 0 Å². The van der Waals surface area contributed by atoms with E-state index in [4.69, 9.17) is 30.0 Å². The molecule has 4 N–H and O–H groups in total. The van der Waals surface area contributed by atoms with Gasteiger partial charge in [0.05, 0.1) is 0 Å². The molecule has 0 fully saturated rings. The number of rotatable bonds is 0. The van der Waals surface area contributed by atoms with E-state index in [1.54, 1.807) is 0 Å². The van der Waals surface area contributed by atoms with Crippen molar-refractivity contribution >= 4 is 63.7 Å². The van der Waals surface area contributed by atoms with Gasteiger partial charge in [0, 0.05) is 0 Å². The van der Waals surface area contributed by atoms with Gasteiger partial charge in [0.1, 0.15) is 0 Å². The van der Waals surface area contributed by atoms with Gasteiger partial charge in [0.25, 0.3) is 0 Å². The molecular formula is C4H9KO6. The van der Waals surface area contributed by atoms with Crippen molar-refractivity contribution < 1.29 is 30.0 Å². The number of hydrogen-bond acceptors (Lipinski definition) is 2. The molecule has 0 aromatic carbocycles. The molecule has 6 nitrogen and oxygen atoms in total. The summed E-state index contributed by atoms with van der Waals surface area (Å²) >= 11 is 0. The van der Waals surface area contributed by atoms with Gasteiger partial charge in [-0.1, -0.05) is 0 Å². The molecule has 7 heteroatoms. The fourth-order valence-corrected chi connectivity index (χ4v) is 0. The van der Waals surface area contributed by atoms with Crippen LogP contribution in [0.15, 0.2) is 13.2 Å². The molecule has 0 saturated carbocycles. The third-order valence-corrected chi connectivity index (χ3v) is 0. The van der Waals surface area contributed by atoms with Crippen molar-refractivity contribution in [2.45, 2.75) is 0 Å². The Morgan fingerprint density at radius 2 is 0.818 bits per heavy atom. The van der Waals surface area contributed by atoms with Gasteiger partial charge in [-0.2, -0.15) is 0 Å². The second-order valence-electron chi connectivity index (χ2n) is 0.565. The first kappa shape index (κ1) is 22.4. The van der Waals surface area contributed by atoms with Crippen LogP contribution >= 0.6 is 0 Å². The van der Waals surface area contributed by atoms with Gasteiger partial charge >= 0.3 is 63.7 Å². The number of carbonyl (C=O) groups is 2. The van der Waals surface area contributed by atoms with E-state index in [1.807, 2.05) is 0 Å². The Hall–Kier alpha value is -0.0836. The molecule has 0 aliphatic rings. The molecule has 0 aliphatic heterocycles. The average Bonchev–Trinajstić information content (AvgIpc) is 1.66. The quantitative estimate of drug-likeness (QED) is 0.330. The van der Waals surface area contributed by atoms with E-state index >= 15 is 0 Å². The van der Waals surface area contributed by atoms with Crippen molar-refractivity contribution in [2.75, 3.05) is 0 Å². The normalized spacial score (nSPS) is 4.73. The Bertz CT molecular complexity index is 82.8. The molecule has 11 heavy (non-hydrogen) atoms. The van der Waals surface area contributed by atoms with Gasteiger partial charge in [-0.15, -0.1) is 13.2 Å². The van der Waals surface area contributed by atoms with Crippen LogP contribution < -0.4 is 0 Å². The van der Waals surface area contributed by atoms with E-state index in [-0.39, 0.29) is 51.4 Å². The van der Waals surface area contributed by atoms with Crippen molar-refractivity contribution in [1.29, 1.82) is 0 Å². The van der Waals surface area contributed by atoms with Crippen molar-refractivity contribution in [3.05, 3.63) is 13.2 Å². The summed E-state index contributed by atoms with van der Waals surface area (Å²) in [6, 6.07) is 0. The third-order valence-electron chi connectivity index (χ3n) is 0. The summed E-state index contributed by atoms with van der Waals surface area (Å²) in [6.45, 7) is 6.00. The first-order valence-electron chi connectivity index (χ1n) is 1.80. The summed E-state index contributed by atoms with van der Waals surface area (Å²) in [4.78, 5) is 17.1. The Balaban J connectivity index is -0.0000000339. The fraction of sp³-hybridized carbons (Fsp3) is 0. The van der Waals surface area contributed by atoms with Crippen LogP contribution in [0.2, 0.25) is 0 Å². The predicted octanol–water partition coefficient (Wildman–Crippen LogP) is 0.598. The van der Waals surface area contributed by atoms with Gasteiger partial charge in [0.2, 0.25) is 0 Å². The molecule has 0 rings (SSSR count). The van der Waals surface area contributed by atoms with E-state index in [1.165, 1.54) is 0 Å². The minimum absolute atomic E-state index is 0. The van der Waals surface area contributed by atoms with Crippen LogP contribution in [-0.2, 0) is 0 Å². The fourth-order valence-electron chi connectivity index (χ4n) is 0. The molecule has 0 amide bonds. The summed E-state index contributed by atoms with van der Waals surface area (Å²) in [5.41, 5.74) is 0. The summed E-state index contributed by atoms with van der Waals surface area (Å²) < 4.78 is 0. The van der Waals surface area contributed by atoms with Gasteiger partial charge in [0.15, 0.2) is 0 Å². The molecule has 0 aliphatic carbocycles. The molecule has 0 unspecified atom stereocenters. The first-order valence-corrected chi connectivity index (χ1v) is 1.80. The molecule has 62 valence electrons. The van der Waals surface area contributed by atoms with Gasteiger partial charge in [-0.25, -0.2) is 9.59 Å². The van der Waals surface area contributed by atoms with Crippen LogP contribution in [0, 0.1) is 0 Å². The summed E-state index contributed by atoms with van der Waals surface area (Å²) in [7, 11) is 0. The molecule has 0 heterocycles. The second-order valence-corrected chi connectivity index (χ2v) is 0.565. The zero-order valence-corrected chi connectivity index (χ0v) is 5.02. The molecule has 0 atom stereocenters. The van der Waals surface area contributed by atoms with Crippen LogP contribution in [0.4, 0.5) is 9.59 Å².